The number of aliphatic hydroxyl groups is 1. The summed E-state index contributed by atoms with van der Waals surface area (Å²) < 4.78 is 24.8. The van der Waals surface area contributed by atoms with E-state index in [2.05, 4.69) is 0 Å². The average Bonchev–Trinajstić information content (AvgIpc) is 2.50. The lowest BCUT2D eigenvalue weighted by molar-refractivity contribution is 0.143. The van der Waals surface area contributed by atoms with Gasteiger partial charge in [-0.05, 0) is 23.2 Å². The highest BCUT2D eigenvalue weighted by atomic mass is 32.1. The second kappa shape index (κ2) is 4.15. The second-order valence-corrected chi connectivity index (χ2v) is 3.86. The van der Waals surface area contributed by atoms with Crippen molar-refractivity contribution in [1.82, 2.24) is 0 Å². The maximum atomic E-state index is 12.4. The summed E-state index contributed by atoms with van der Waals surface area (Å²) in [7, 11) is 0. The Bertz CT molecular complexity index is 270. The maximum absolute atomic E-state index is 12.4. The molecule has 0 saturated carbocycles. The molecule has 1 rings (SSSR count). The van der Waals surface area contributed by atoms with Crippen molar-refractivity contribution < 1.29 is 13.9 Å². The smallest absolute Gasteiger partial charge is 0.264 e. The molecular formula is C9H12F2OS. The first kappa shape index (κ1) is 10.6. The molecule has 0 amide bonds. The van der Waals surface area contributed by atoms with Crippen LogP contribution in [0.4, 0.5) is 8.78 Å². The van der Waals surface area contributed by atoms with Gasteiger partial charge in [-0.3, -0.25) is 0 Å². The van der Waals surface area contributed by atoms with Crippen LogP contribution in [-0.2, 0) is 0 Å². The van der Waals surface area contributed by atoms with Gasteiger partial charge in [0.2, 0.25) is 0 Å². The maximum Gasteiger partial charge on any atom is 0.264 e. The van der Waals surface area contributed by atoms with Gasteiger partial charge in [0.25, 0.3) is 6.43 Å². The summed E-state index contributed by atoms with van der Waals surface area (Å²) in [5, 5.41) is 12.4. The van der Waals surface area contributed by atoms with Gasteiger partial charge in [-0.2, -0.15) is 11.3 Å². The van der Waals surface area contributed by atoms with E-state index in [9.17, 15) is 13.9 Å². The zero-order valence-electron chi connectivity index (χ0n) is 7.50. The summed E-state index contributed by atoms with van der Waals surface area (Å²) >= 11 is 1.25. The molecule has 1 nitrogen and oxygen atoms in total. The van der Waals surface area contributed by atoms with E-state index in [4.69, 9.17) is 0 Å². The molecule has 2 unspecified atom stereocenters. The van der Waals surface area contributed by atoms with E-state index in [0.29, 0.717) is 5.56 Å². The Morgan fingerprint density at radius 3 is 2.23 bits per heavy atom. The molecule has 13 heavy (non-hydrogen) atoms. The fourth-order valence-corrected chi connectivity index (χ4v) is 2.08. The van der Waals surface area contributed by atoms with Gasteiger partial charge in [-0.25, -0.2) is 8.78 Å². The molecule has 1 N–H and O–H groups in total. The van der Waals surface area contributed by atoms with E-state index < -0.39 is 12.5 Å². The lowest BCUT2D eigenvalue weighted by Crippen LogP contribution is -2.11. The van der Waals surface area contributed by atoms with Crippen LogP contribution in [0.2, 0.25) is 0 Å². The van der Waals surface area contributed by atoms with Crippen LogP contribution in [0.25, 0.3) is 0 Å². The van der Waals surface area contributed by atoms with Crippen molar-refractivity contribution in [2.24, 2.45) is 0 Å². The van der Waals surface area contributed by atoms with Crippen molar-refractivity contribution in [3.63, 3.8) is 0 Å². The normalized spacial score (nSPS) is 16.2. The summed E-state index contributed by atoms with van der Waals surface area (Å²) in [6.07, 6.45) is -3.03. The van der Waals surface area contributed by atoms with Crippen molar-refractivity contribution in [2.75, 3.05) is 0 Å². The van der Waals surface area contributed by atoms with Crippen molar-refractivity contribution >= 4 is 11.3 Å². The summed E-state index contributed by atoms with van der Waals surface area (Å²) in [6.45, 7) is 3.36. The molecule has 74 valence electrons. The number of hydrogen-bond acceptors (Lipinski definition) is 2. The Balaban J connectivity index is 2.93. The quantitative estimate of drug-likeness (QED) is 0.805. The van der Waals surface area contributed by atoms with E-state index in [1.54, 1.807) is 19.2 Å². The van der Waals surface area contributed by atoms with Gasteiger partial charge >= 0.3 is 0 Å². The highest BCUT2D eigenvalue weighted by Crippen LogP contribution is 2.32. The third-order valence-corrected chi connectivity index (χ3v) is 2.95. The molecule has 0 spiro atoms. The molecule has 0 aromatic carbocycles. The molecule has 0 aliphatic rings. The van der Waals surface area contributed by atoms with Crippen LogP contribution in [0.5, 0.6) is 0 Å². The molecule has 0 aliphatic carbocycles. The van der Waals surface area contributed by atoms with Crippen LogP contribution in [0.15, 0.2) is 10.8 Å². The highest BCUT2D eigenvalue weighted by Gasteiger charge is 2.20. The highest BCUT2D eigenvalue weighted by molar-refractivity contribution is 7.08. The fourth-order valence-electron chi connectivity index (χ4n) is 1.12. The summed E-state index contributed by atoms with van der Waals surface area (Å²) in [6, 6.07) is 0. The first-order valence-electron chi connectivity index (χ1n) is 4.06. The van der Waals surface area contributed by atoms with Gasteiger partial charge in [0.15, 0.2) is 0 Å². The predicted molar refractivity (Wildman–Crippen MR) is 49.4 cm³/mol. The molecule has 2 atom stereocenters. The monoisotopic (exact) mass is 206 g/mol. The van der Waals surface area contributed by atoms with E-state index in [-0.39, 0.29) is 11.5 Å². The second-order valence-electron chi connectivity index (χ2n) is 3.11. The van der Waals surface area contributed by atoms with Crippen LogP contribution in [0.1, 0.15) is 37.3 Å². The van der Waals surface area contributed by atoms with Gasteiger partial charge in [0.1, 0.15) is 0 Å². The zero-order valence-corrected chi connectivity index (χ0v) is 8.31. The van der Waals surface area contributed by atoms with Crippen molar-refractivity contribution in [1.29, 1.82) is 0 Å². The summed E-state index contributed by atoms with van der Waals surface area (Å²) in [4.78, 5) is 0. The molecule has 0 bridgehead atoms. The Morgan fingerprint density at radius 1 is 1.23 bits per heavy atom. The number of aliphatic hydroxyl groups excluding tert-OH is 1. The molecular weight excluding hydrogens is 194 g/mol. The molecule has 0 aliphatic heterocycles. The standard InChI is InChI=1S/C9H12F2OS/c1-5(6(2)12)7-3-13-4-8(7)9(10)11/h3-6,9,12H,1-2H3. The van der Waals surface area contributed by atoms with Crippen LogP contribution >= 0.6 is 11.3 Å². The minimum absolute atomic E-state index is 0.0541. The minimum Gasteiger partial charge on any atom is -0.393 e. The van der Waals surface area contributed by atoms with E-state index in [1.807, 2.05) is 0 Å². The summed E-state index contributed by atoms with van der Waals surface area (Å²) in [5.74, 6) is -0.227. The van der Waals surface area contributed by atoms with Crippen LogP contribution in [0.3, 0.4) is 0 Å². The van der Waals surface area contributed by atoms with Crippen molar-refractivity contribution in [3.05, 3.63) is 21.9 Å². The number of alkyl halides is 2. The zero-order chi connectivity index (χ0) is 10.0. The molecule has 1 heterocycles. The molecule has 0 fully saturated rings. The van der Waals surface area contributed by atoms with Gasteiger partial charge < -0.3 is 5.11 Å². The molecule has 0 saturated heterocycles. The number of halogens is 2. The number of rotatable bonds is 3. The Morgan fingerprint density at radius 2 is 1.77 bits per heavy atom. The van der Waals surface area contributed by atoms with Crippen LogP contribution in [-0.4, -0.2) is 11.2 Å². The topological polar surface area (TPSA) is 20.2 Å². The third-order valence-electron chi connectivity index (χ3n) is 2.17. The minimum atomic E-state index is -2.44. The SMILES string of the molecule is CC(O)C(C)c1cscc1C(F)F. The van der Waals surface area contributed by atoms with Crippen LogP contribution in [0, 0.1) is 0 Å². The first-order chi connectivity index (χ1) is 6.04. The first-order valence-corrected chi connectivity index (χ1v) is 5.00. The lowest BCUT2D eigenvalue weighted by atomic mass is 9.96. The van der Waals surface area contributed by atoms with Gasteiger partial charge in [0, 0.05) is 11.5 Å². The van der Waals surface area contributed by atoms with Crippen LogP contribution < -0.4 is 0 Å². The van der Waals surface area contributed by atoms with Crippen molar-refractivity contribution in [2.45, 2.75) is 32.3 Å². The molecule has 0 radical (unpaired) electrons. The molecule has 4 heteroatoms. The number of thiophene rings is 1. The van der Waals surface area contributed by atoms with Gasteiger partial charge in [-0.15, -0.1) is 0 Å². The Hall–Kier alpha value is -0.480. The van der Waals surface area contributed by atoms with Crippen molar-refractivity contribution in [3.8, 4) is 0 Å². The van der Waals surface area contributed by atoms with E-state index >= 15 is 0 Å². The van der Waals surface area contributed by atoms with E-state index in [0.717, 1.165) is 0 Å². The molecule has 1 aromatic heterocycles. The van der Waals surface area contributed by atoms with E-state index in [1.165, 1.54) is 16.7 Å². The average molecular weight is 206 g/mol. The fraction of sp³-hybridized carbons (Fsp3) is 0.556. The summed E-state index contributed by atoms with van der Waals surface area (Å²) in [5.41, 5.74) is 0.619. The Kier molecular flexibility index (Phi) is 3.39. The number of hydrogen-bond donors (Lipinski definition) is 1. The van der Waals surface area contributed by atoms with Gasteiger partial charge in [-0.1, -0.05) is 6.92 Å². The lowest BCUT2D eigenvalue weighted by Gasteiger charge is -2.15. The third kappa shape index (κ3) is 2.25. The Labute approximate surface area is 80.0 Å². The largest absolute Gasteiger partial charge is 0.393 e. The molecule has 1 aromatic rings. The van der Waals surface area contributed by atoms with Gasteiger partial charge in [0.05, 0.1) is 6.10 Å². The predicted octanol–water partition coefficient (Wildman–Crippen LogP) is 3.17.